The molecule has 0 aliphatic heterocycles. The highest BCUT2D eigenvalue weighted by atomic mass is 16.5. The highest BCUT2D eigenvalue weighted by molar-refractivity contribution is 5.95. The van der Waals surface area contributed by atoms with Crippen molar-refractivity contribution in [3.63, 3.8) is 0 Å². The van der Waals surface area contributed by atoms with Crippen LogP contribution in [0.15, 0.2) is 115 Å². The van der Waals surface area contributed by atoms with Gasteiger partial charge in [-0.3, -0.25) is 9.59 Å². The van der Waals surface area contributed by atoms with Crippen LogP contribution in [0.1, 0.15) is 29.2 Å². The number of hydrogen-bond donors (Lipinski definition) is 2. The van der Waals surface area contributed by atoms with Crippen LogP contribution in [0.4, 0.5) is 0 Å². The Balaban J connectivity index is 1.53. The number of rotatable bonds is 10. The number of carbonyl (C=O) groups is 2. The summed E-state index contributed by atoms with van der Waals surface area (Å²) < 4.78 is 5.92. The summed E-state index contributed by atoms with van der Waals surface area (Å²) in [5, 5.41) is 2.93. The van der Waals surface area contributed by atoms with E-state index >= 15 is 0 Å². The summed E-state index contributed by atoms with van der Waals surface area (Å²) in [4.78, 5) is 26.2. The lowest BCUT2D eigenvalue weighted by atomic mass is 9.75. The van der Waals surface area contributed by atoms with Crippen molar-refractivity contribution < 1.29 is 14.3 Å². The van der Waals surface area contributed by atoms with Gasteiger partial charge in [0.1, 0.15) is 18.4 Å². The van der Waals surface area contributed by atoms with Crippen LogP contribution in [0.3, 0.4) is 0 Å². The van der Waals surface area contributed by atoms with E-state index in [1.807, 2.05) is 122 Å². The molecule has 4 rings (SSSR count). The van der Waals surface area contributed by atoms with E-state index in [4.69, 9.17) is 10.5 Å². The van der Waals surface area contributed by atoms with Crippen molar-refractivity contribution >= 4 is 11.8 Å². The molecule has 0 fully saturated rings. The van der Waals surface area contributed by atoms with E-state index in [9.17, 15) is 9.59 Å². The molecular formula is C31H30N2O3. The summed E-state index contributed by atoms with van der Waals surface area (Å²) in [5.74, 6) is -0.202. The predicted octanol–water partition coefficient (Wildman–Crippen LogP) is 4.78. The van der Waals surface area contributed by atoms with Crippen LogP contribution in [0, 0.1) is 0 Å². The topological polar surface area (TPSA) is 81.4 Å². The maximum atomic E-state index is 13.8. The molecule has 5 nitrogen and oxygen atoms in total. The Morgan fingerprint density at radius 3 is 1.86 bits per heavy atom. The normalized spacial score (nSPS) is 11.9. The number of amides is 2. The zero-order valence-corrected chi connectivity index (χ0v) is 20.3. The molecule has 4 aromatic rings. The minimum Gasteiger partial charge on any atom is -0.489 e. The van der Waals surface area contributed by atoms with E-state index in [-0.39, 0.29) is 12.3 Å². The van der Waals surface area contributed by atoms with Crippen LogP contribution < -0.4 is 15.8 Å². The fourth-order valence-electron chi connectivity index (χ4n) is 4.24. The van der Waals surface area contributed by atoms with Gasteiger partial charge in [0.05, 0.1) is 5.41 Å². The van der Waals surface area contributed by atoms with Crippen molar-refractivity contribution in [2.75, 3.05) is 0 Å². The molecule has 36 heavy (non-hydrogen) atoms. The third kappa shape index (κ3) is 5.81. The van der Waals surface area contributed by atoms with Gasteiger partial charge in [-0.25, -0.2) is 0 Å². The first kappa shape index (κ1) is 24.7. The van der Waals surface area contributed by atoms with Crippen LogP contribution in [0.5, 0.6) is 5.75 Å². The van der Waals surface area contributed by atoms with Gasteiger partial charge in [0.25, 0.3) is 0 Å². The second-order valence-electron chi connectivity index (χ2n) is 8.91. The summed E-state index contributed by atoms with van der Waals surface area (Å²) in [6.07, 6.45) is 0.253. The Morgan fingerprint density at radius 2 is 1.31 bits per heavy atom. The third-order valence-corrected chi connectivity index (χ3v) is 6.39. The lowest BCUT2D eigenvalue weighted by Crippen LogP contribution is -2.52. The van der Waals surface area contributed by atoms with Gasteiger partial charge in [-0.2, -0.15) is 0 Å². The van der Waals surface area contributed by atoms with Crippen LogP contribution in [-0.2, 0) is 28.0 Å². The number of primary amides is 1. The monoisotopic (exact) mass is 478 g/mol. The zero-order valence-electron chi connectivity index (χ0n) is 20.3. The molecule has 5 heteroatoms. The number of ether oxygens (including phenoxy) is 1. The van der Waals surface area contributed by atoms with Crippen molar-refractivity contribution in [3.8, 4) is 5.75 Å². The van der Waals surface area contributed by atoms with E-state index in [1.54, 1.807) is 0 Å². The summed E-state index contributed by atoms with van der Waals surface area (Å²) in [6, 6.07) is 35.6. The standard InChI is InChI=1S/C31H30N2O3/c1-31(25-15-7-3-8-16-25,26-17-9-4-10-18-26)30(35)33-28(29(32)34)21-24-14-11-19-27(20-24)36-22-23-12-5-2-6-13-23/h2-20,28H,21-22H2,1H3,(H2,32,34)(H,33,35)/t28-/m0/s1. The van der Waals surface area contributed by atoms with Crippen molar-refractivity contribution in [3.05, 3.63) is 138 Å². The molecule has 182 valence electrons. The molecule has 0 aliphatic rings. The second-order valence-corrected chi connectivity index (χ2v) is 8.91. The Hall–Kier alpha value is -4.38. The van der Waals surface area contributed by atoms with Crippen LogP contribution in [-0.4, -0.2) is 17.9 Å². The average molecular weight is 479 g/mol. The molecule has 0 heterocycles. The van der Waals surface area contributed by atoms with E-state index < -0.39 is 17.4 Å². The summed E-state index contributed by atoms with van der Waals surface area (Å²) >= 11 is 0. The molecule has 0 aliphatic carbocycles. The molecule has 0 spiro atoms. The SMILES string of the molecule is CC(C(=O)N[C@@H](Cc1cccc(OCc2ccccc2)c1)C(N)=O)(c1ccccc1)c1ccccc1. The lowest BCUT2D eigenvalue weighted by molar-refractivity contribution is -0.129. The smallest absolute Gasteiger partial charge is 0.240 e. The Morgan fingerprint density at radius 1 is 0.778 bits per heavy atom. The molecule has 3 N–H and O–H groups in total. The zero-order chi connectivity index (χ0) is 25.4. The number of hydrogen-bond acceptors (Lipinski definition) is 3. The molecular weight excluding hydrogens is 448 g/mol. The molecule has 0 saturated heterocycles. The summed E-state index contributed by atoms with van der Waals surface area (Å²) in [5.41, 5.74) is 8.29. The van der Waals surface area contributed by atoms with Crippen molar-refractivity contribution in [1.29, 1.82) is 0 Å². The largest absolute Gasteiger partial charge is 0.489 e. The van der Waals surface area contributed by atoms with Crippen LogP contribution >= 0.6 is 0 Å². The fourth-order valence-corrected chi connectivity index (χ4v) is 4.24. The Bertz CT molecular complexity index is 1250. The van der Waals surface area contributed by atoms with E-state index in [0.29, 0.717) is 12.4 Å². The highest BCUT2D eigenvalue weighted by Crippen LogP contribution is 2.32. The molecule has 0 saturated carbocycles. The highest BCUT2D eigenvalue weighted by Gasteiger charge is 2.38. The van der Waals surface area contributed by atoms with Gasteiger partial charge < -0.3 is 15.8 Å². The van der Waals surface area contributed by atoms with E-state index in [1.165, 1.54) is 0 Å². The molecule has 2 amide bonds. The molecule has 0 unspecified atom stereocenters. The lowest BCUT2D eigenvalue weighted by Gasteiger charge is -2.31. The van der Waals surface area contributed by atoms with E-state index in [2.05, 4.69) is 5.32 Å². The fraction of sp³-hybridized carbons (Fsp3) is 0.161. The summed E-state index contributed by atoms with van der Waals surface area (Å²) in [7, 11) is 0. The maximum Gasteiger partial charge on any atom is 0.240 e. The molecule has 0 radical (unpaired) electrons. The van der Waals surface area contributed by atoms with Gasteiger partial charge in [-0.1, -0.05) is 103 Å². The first-order valence-electron chi connectivity index (χ1n) is 11.9. The molecule has 4 aromatic carbocycles. The number of carbonyl (C=O) groups excluding carboxylic acids is 2. The first-order valence-corrected chi connectivity index (χ1v) is 11.9. The Labute approximate surface area is 211 Å². The first-order chi connectivity index (χ1) is 17.5. The maximum absolute atomic E-state index is 13.8. The minimum absolute atomic E-state index is 0.253. The van der Waals surface area contributed by atoms with Gasteiger partial charge in [0, 0.05) is 6.42 Å². The quantitative estimate of drug-likeness (QED) is 0.344. The molecule has 1 atom stereocenters. The second kappa shape index (κ2) is 11.4. The predicted molar refractivity (Wildman–Crippen MR) is 141 cm³/mol. The molecule has 0 bridgehead atoms. The average Bonchev–Trinajstić information content (AvgIpc) is 2.92. The van der Waals surface area contributed by atoms with Gasteiger partial charge in [0.2, 0.25) is 11.8 Å². The van der Waals surface area contributed by atoms with Crippen LogP contribution in [0.2, 0.25) is 0 Å². The Kier molecular flexibility index (Phi) is 7.81. The van der Waals surface area contributed by atoms with Crippen molar-refractivity contribution in [1.82, 2.24) is 5.32 Å². The number of benzene rings is 4. The van der Waals surface area contributed by atoms with Crippen molar-refractivity contribution in [2.45, 2.75) is 31.4 Å². The number of nitrogens with one attached hydrogen (secondary N) is 1. The van der Waals surface area contributed by atoms with Gasteiger partial charge in [0.15, 0.2) is 0 Å². The third-order valence-electron chi connectivity index (χ3n) is 6.39. The minimum atomic E-state index is -1.00. The molecule has 0 aromatic heterocycles. The van der Waals surface area contributed by atoms with Crippen molar-refractivity contribution in [2.24, 2.45) is 5.73 Å². The van der Waals surface area contributed by atoms with E-state index in [0.717, 1.165) is 22.3 Å². The van der Waals surface area contributed by atoms with Gasteiger partial charge >= 0.3 is 0 Å². The van der Waals surface area contributed by atoms with Gasteiger partial charge in [-0.15, -0.1) is 0 Å². The van der Waals surface area contributed by atoms with Crippen LogP contribution in [0.25, 0.3) is 0 Å². The van der Waals surface area contributed by atoms with Gasteiger partial charge in [-0.05, 0) is 41.3 Å². The summed E-state index contributed by atoms with van der Waals surface area (Å²) in [6.45, 7) is 2.30. The number of nitrogens with two attached hydrogens (primary N) is 1.